The summed E-state index contributed by atoms with van der Waals surface area (Å²) in [6, 6.07) is 9.00. The van der Waals surface area contributed by atoms with Gasteiger partial charge in [-0.3, -0.25) is 10.6 Å². The van der Waals surface area contributed by atoms with Crippen LogP contribution in [0.4, 0.5) is 19.0 Å². The van der Waals surface area contributed by atoms with Gasteiger partial charge in [-0.05, 0) is 50.2 Å². The predicted molar refractivity (Wildman–Crippen MR) is 110 cm³/mol. The second kappa shape index (κ2) is 8.33. The molecule has 0 bridgehead atoms. The van der Waals surface area contributed by atoms with Crippen LogP contribution in [0, 0.1) is 0 Å². The highest BCUT2D eigenvalue weighted by Crippen LogP contribution is 2.36. The van der Waals surface area contributed by atoms with E-state index in [4.69, 9.17) is 16.2 Å². The molecular formula is C20H24F3N7O. The summed E-state index contributed by atoms with van der Waals surface area (Å²) < 4.78 is 45.9. The Kier molecular flexibility index (Phi) is 5.73. The molecule has 8 nitrogen and oxygen atoms in total. The number of likely N-dealkylation sites (tertiary alicyclic amines) is 1. The molecule has 0 aliphatic carbocycles. The Morgan fingerprint density at radius 3 is 2.52 bits per heavy atom. The van der Waals surface area contributed by atoms with Crippen LogP contribution >= 0.6 is 0 Å². The standard InChI is InChI=1S/C20H24F3N7O/c21-19(22,23)16-4-3-9-26-17(16)30-18(24)27-20(25,28-30)14-5-7-15(8-6-14)31-13-12-29-10-1-2-11-29/h3-9,28H,1-2,10-13,25H2,(H2,24,27). The monoisotopic (exact) mass is 435 g/mol. The number of hydrogen-bond donors (Lipinski definition) is 3. The van der Waals surface area contributed by atoms with Gasteiger partial charge in [-0.25, -0.2) is 15.0 Å². The molecule has 1 saturated heterocycles. The molecule has 0 radical (unpaired) electrons. The zero-order valence-corrected chi connectivity index (χ0v) is 16.8. The number of anilines is 1. The summed E-state index contributed by atoms with van der Waals surface area (Å²) in [5, 5.41) is 0.948. The third-order valence-electron chi connectivity index (χ3n) is 5.28. The van der Waals surface area contributed by atoms with Crippen molar-refractivity contribution in [2.75, 3.05) is 31.3 Å². The first-order valence-electron chi connectivity index (χ1n) is 9.96. The molecule has 1 unspecified atom stereocenters. The predicted octanol–water partition coefficient (Wildman–Crippen LogP) is 1.98. The van der Waals surface area contributed by atoms with Gasteiger partial charge in [0.1, 0.15) is 12.4 Å². The van der Waals surface area contributed by atoms with Crippen LogP contribution in [0.3, 0.4) is 0 Å². The Morgan fingerprint density at radius 1 is 1.13 bits per heavy atom. The molecule has 1 atom stereocenters. The number of hydrogen-bond acceptors (Lipinski definition) is 8. The van der Waals surface area contributed by atoms with E-state index < -0.39 is 23.3 Å². The Balaban J connectivity index is 1.46. The molecule has 5 N–H and O–H groups in total. The Labute approximate surface area is 177 Å². The third kappa shape index (κ3) is 4.58. The average Bonchev–Trinajstić information content (AvgIpc) is 3.36. The van der Waals surface area contributed by atoms with Crippen molar-refractivity contribution in [3.63, 3.8) is 0 Å². The fourth-order valence-electron chi connectivity index (χ4n) is 3.67. The highest BCUT2D eigenvalue weighted by molar-refractivity contribution is 5.95. The van der Waals surface area contributed by atoms with Crippen LogP contribution in [0.15, 0.2) is 47.6 Å². The lowest BCUT2D eigenvalue weighted by Gasteiger charge is -2.26. The quantitative estimate of drug-likeness (QED) is 0.637. The molecule has 0 amide bonds. The molecule has 166 valence electrons. The number of nitrogens with one attached hydrogen (secondary N) is 1. The summed E-state index contributed by atoms with van der Waals surface area (Å²) in [5.41, 5.74) is 14.5. The number of nitrogens with zero attached hydrogens (tertiary/aromatic N) is 4. The summed E-state index contributed by atoms with van der Waals surface area (Å²) in [6.45, 7) is 3.65. The van der Waals surface area contributed by atoms with Crippen molar-refractivity contribution in [3.05, 3.63) is 53.7 Å². The number of pyridine rings is 1. The smallest absolute Gasteiger partial charge is 0.420 e. The van der Waals surface area contributed by atoms with Gasteiger partial charge in [0, 0.05) is 18.3 Å². The minimum Gasteiger partial charge on any atom is -0.492 e. The number of benzene rings is 1. The molecule has 3 heterocycles. The zero-order chi connectivity index (χ0) is 22.1. The van der Waals surface area contributed by atoms with Gasteiger partial charge < -0.3 is 10.5 Å². The lowest BCUT2D eigenvalue weighted by molar-refractivity contribution is -0.137. The van der Waals surface area contributed by atoms with Crippen LogP contribution in [0.5, 0.6) is 5.75 Å². The number of halogens is 3. The zero-order valence-electron chi connectivity index (χ0n) is 16.8. The van der Waals surface area contributed by atoms with Crippen LogP contribution in [0.1, 0.15) is 24.0 Å². The highest BCUT2D eigenvalue weighted by atomic mass is 19.4. The van der Waals surface area contributed by atoms with Gasteiger partial charge in [-0.1, -0.05) is 12.1 Å². The molecule has 0 spiro atoms. The molecule has 1 aromatic heterocycles. The van der Waals surface area contributed by atoms with E-state index in [1.807, 2.05) is 0 Å². The largest absolute Gasteiger partial charge is 0.492 e. The van der Waals surface area contributed by atoms with Crippen molar-refractivity contribution in [2.45, 2.75) is 24.8 Å². The van der Waals surface area contributed by atoms with Crippen molar-refractivity contribution in [1.82, 2.24) is 15.3 Å². The van der Waals surface area contributed by atoms with Crippen molar-refractivity contribution in [3.8, 4) is 5.75 Å². The fraction of sp³-hybridized carbons (Fsp3) is 0.400. The summed E-state index contributed by atoms with van der Waals surface area (Å²) in [6.07, 6.45) is -0.919. The normalized spacial score (nSPS) is 22.1. The number of alkyl halides is 3. The number of nitrogens with two attached hydrogens (primary N) is 2. The fourth-order valence-corrected chi connectivity index (χ4v) is 3.67. The second-order valence-electron chi connectivity index (χ2n) is 7.48. The van der Waals surface area contributed by atoms with E-state index in [1.54, 1.807) is 24.3 Å². The van der Waals surface area contributed by atoms with Crippen LogP contribution in [-0.4, -0.2) is 42.1 Å². The summed E-state index contributed by atoms with van der Waals surface area (Å²) in [5.74, 6) is -1.52. The number of aromatic nitrogens is 1. The minimum absolute atomic E-state index is 0.224. The van der Waals surface area contributed by atoms with Crippen molar-refractivity contribution in [1.29, 1.82) is 0 Å². The van der Waals surface area contributed by atoms with Gasteiger partial charge in [0.15, 0.2) is 5.82 Å². The molecule has 4 rings (SSSR count). The van der Waals surface area contributed by atoms with E-state index >= 15 is 0 Å². The first-order chi connectivity index (χ1) is 14.8. The summed E-state index contributed by atoms with van der Waals surface area (Å²) in [4.78, 5) is 10.3. The SMILES string of the molecule is NC1=NC(N)(c2ccc(OCCN3CCCC3)cc2)NN1c1ncccc1C(F)(F)F. The number of hydrazine groups is 1. The lowest BCUT2D eigenvalue weighted by Crippen LogP contribution is -2.53. The van der Waals surface area contributed by atoms with E-state index in [1.165, 1.54) is 25.1 Å². The summed E-state index contributed by atoms with van der Waals surface area (Å²) in [7, 11) is 0. The van der Waals surface area contributed by atoms with E-state index in [0.717, 1.165) is 30.7 Å². The maximum absolute atomic E-state index is 13.4. The summed E-state index contributed by atoms with van der Waals surface area (Å²) >= 11 is 0. The van der Waals surface area contributed by atoms with Crippen molar-refractivity contribution >= 4 is 11.8 Å². The van der Waals surface area contributed by atoms with Gasteiger partial charge in [0.25, 0.3) is 0 Å². The topological polar surface area (TPSA) is 105 Å². The van der Waals surface area contributed by atoms with E-state index in [-0.39, 0.29) is 5.96 Å². The highest BCUT2D eigenvalue weighted by Gasteiger charge is 2.42. The van der Waals surface area contributed by atoms with Gasteiger partial charge in [0.05, 0.1) is 5.56 Å². The maximum Gasteiger partial charge on any atom is 0.420 e. The molecule has 0 saturated carbocycles. The maximum atomic E-state index is 13.4. The molecular weight excluding hydrogens is 411 g/mol. The van der Waals surface area contributed by atoms with Crippen molar-refractivity contribution in [2.24, 2.45) is 16.5 Å². The molecule has 2 aliphatic rings. The molecule has 2 aromatic rings. The van der Waals surface area contributed by atoms with Gasteiger partial charge in [-0.15, -0.1) is 0 Å². The van der Waals surface area contributed by atoms with Gasteiger partial charge in [0.2, 0.25) is 11.7 Å². The van der Waals surface area contributed by atoms with E-state index in [2.05, 4.69) is 20.3 Å². The molecule has 31 heavy (non-hydrogen) atoms. The average molecular weight is 435 g/mol. The number of rotatable bonds is 6. The number of aliphatic imine (C=N–C) groups is 1. The molecule has 11 heteroatoms. The lowest BCUT2D eigenvalue weighted by atomic mass is 10.1. The number of guanidine groups is 1. The first kappa shape index (κ1) is 21.3. The van der Waals surface area contributed by atoms with Crippen LogP contribution < -0.4 is 26.6 Å². The van der Waals surface area contributed by atoms with Crippen LogP contribution in [0.25, 0.3) is 0 Å². The molecule has 2 aliphatic heterocycles. The van der Waals surface area contributed by atoms with E-state index in [0.29, 0.717) is 17.9 Å². The van der Waals surface area contributed by atoms with Crippen molar-refractivity contribution < 1.29 is 17.9 Å². The molecule has 1 fully saturated rings. The number of ether oxygens (including phenoxy) is 1. The van der Waals surface area contributed by atoms with E-state index in [9.17, 15) is 13.2 Å². The van der Waals surface area contributed by atoms with Gasteiger partial charge >= 0.3 is 6.18 Å². The second-order valence-corrected chi connectivity index (χ2v) is 7.48. The third-order valence-corrected chi connectivity index (χ3v) is 5.28. The van der Waals surface area contributed by atoms with Crippen LogP contribution in [-0.2, 0) is 12.0 Å². The van der Waals surface area contributed by atoms with Crippen LogP contribution in [0.2, 0.25) is 0 Å². The Hall–Kier alpha value is -2.89. The Bertz CT molecular complexity index is 945. The van der Waals surface area contributed by atoms with Gasteiger partial charge in [-0.2, -0.15) is 18.6 Å². The minimum atomic E-state index is -4.61. The molecule has 1 aromatic carbocycles. The Morgan fingerprint density at radius 2 is 1.84 bits per heavy atom. The first-order valence-corrected chi connectivity index (χ1v) is 9.96.